The third-order valence-electron chi connectivity index (χ3n) is 3.14. The Kier molecular flexibility index (Phi) is 4.90. The molecule has 0 spiro atoms. The average Bonchev–Trinajstić information content (AvgIpc) is 3.07. The van der Waals surface area contributed by atoms with Crippen molar-refractivity contribution in [2.45, 2.75) is 6.54 Å². The molecular weight excluding hydrogens is 330 g/mol. The summed E-state index contributed by atoms with van der Waals surface area (Å²) in [6, 6.07) is 14.7. The lowest BCUT2D eigenvalue weighted by Crippen LogP contribution is -2.23. The number of amides is 1. The van der Waals surface area contributed by atoms with Crippen molar-refractivity contribution in [3.63, 3.8) is 0 Å². The lowest BCUT2D eigenvalue weighted by Gasteiger charge is -2.11. The Morgan fingerprint density at radius 2 is 2.09 bits per heavy atom. The predicted molar refractivity (Wildman–Crippen MR) is 94.5 cm³/mol. The molecule has 4 nitrogen and oxygen atoms in total. The number of nitrogens with one attached hydrogen (secondary N) is 2. The summed E-state index contributed by atoms with van der Waals surface area (Å²) < 4.78 is 0. The molecule has 6 heteroatoms. The third-order valence-corrected chi connectivity index (χ3v) is 4.25. The smallest absolute Gasteiger partial charge is 0.255 e. The molecule has 1 amide bonds. The predicted octanol–water partition coefficient (Wildman–Crippen LogP) is 4.47. The molecule has 0 saturated heterocycles. The van der Waals surface area contributed by atoms with E-state index in [4.69, 9.17) is 11.6 Å². The van der Waals surface area contributed by atoms with Crippen LogP contribution in [-0.2, 0) is 6.54 Å². The highest BCUT2D eigenvalue weighted by molar-refractivity contribution is 7.09. The zero-order chi connectivity index (χ0) is 16.1. The second-order valence-electron chi connectivity index (χ2n) is 4.80. The van der Waals surface area contributed by atoms with Crippen LogP contribution in [-0.4, -0.2) is 10.9 Å². The number of thiophene rings is 1. The molecule has 2 aromatic heterocycles. The van der Waals surface area contributed by atoms with E-state index in [1.165, 1.54) is 0 Å². The number of hydrogen-bond donors (Lipinski definition) is 2. The van der Waals surface area contributed by atoms with Crippen LogP contribution < -0.4 is 10.6 Å². The Bertz CT molecular complexity index is 805. The van der Waals surface area contributed by atoms with Crippen LogP contribution in [0.2, 0.25) is 5.02 Å². The summed E-state index contributed by atoms with van der Waals surface area (Å²) >= 11 is 7.59. The first-order valence-electron chi connectivity index (χ1n) is 7.00. The fraction of sp³-hybridized carbons (Fsp3) is 0.0588. The zero-order valence-electron chi connectivity index (χ0n) is 12.1. The minimum atomic E-state index is -0.170. The minimum absolute atomic E-state index is 0.170. The standard InChI is InChI=1S/C17H14ClN3OS/c18-12-4-1-5-13(10-12)21-16-15(7-2-8-19-16)17(22)20-11-14-6-3-9-23-14/h1-10H,11H2,(H,19,21)(H,20,22). The first-order valence-corrected chi connectivity index (χ1v) is 8.26. The fourth-order valence-corrected chi connectivity index (χ4v) is 2.90. The lowest BCUT2D eigenvalue weighted by atomic mass is 10.2. The zero-order valence-corrected chi connectivity index (χ0v) is 13.7. The van der Waals surface area contributed by atoms with Gasteiger partial charge in [-0.1, -0.05) is 23.7 Å². The number of aromatic nitrogens is 1. The van der Waals surface area contributed by atoms with Gasteiger partial charge in [0, 0.05) is 21.8 Å². The second-order valence-corrected chi connectivity index (χ2v) is 6.27. The van der Waals surface area contributed by atoms with Crippen LogP contribution in [0.5, 0.6) is 0 Å². The molecule has 2 heterocycles. The van der Waals surface area contributed by atoms with Crippen molar-refractivity contribution in [2.75, 3.05) is 5.32 Å². The van der Waals surface area contributed by atoms with E-state index in [-0.39, 0.29) is 5.91 Å². The summed E-state index contributed by atoms with van der Waals surface area (Å²) in [7, 11) is 0. The number of rotatable bonds is 5. The molecule has 0 unspecified atom stereocenters. The second kappa shape index (κ2) is 7.26. The monoisotopic (exact) mass is 343 g/mol. The minimum Gasteiger partial charge on any atom is -0.347 e. The van der Waals surface area contributed by atoms with E-state index in [9.17, 15) is 4.79 Å². The van der Waals surface area contributed by atoms with Crippen LogP contribution in [0, 0.1) is 0 Å². The van der Waals surface area contributed by atoms with Crippen molar-refractivity contribution >= 4 is 40.4 Å². The van der Waals surface area contributed by atoms with Gasteiger partial charge in [0.05, 0.1) is 12.1 Å². The number of hydrogen-bond acceptors (Lipinski definition) is 4. The molecule has 0 aliphatic carbocycles. The molecule has 1 aromatic carbocycles. The summed E-state index contributed by atoms with van der Waals surface area (Å²) in [5, 5.41) is 8.64. The molecular formula is C17H14ClN3OS. The number of benzene rings is 1. The number of halogens is 1. The summed E-state index contributed by atoms with van der Waals surface area (Å²) in [6.07, 6.45) is 1.64. The quantitative estimate of drug-likeness (QED) is 0.718. The Hall–Kier alpha value is -2.37. The maximum atomic E-state index is 12.4. The number of nitrogens with zero attached hydrogens (tertiary/aromatic N) is 1. The van der Waals surface area contributed by atoms with Gasteiger partial charge in [-0.2, -0.15) is 0 Å². The Labute approximate surface area is 143 Å². The number of pyridine rings is 1. The van der Waals surface area contributed by atoms with Gasteiger partial charge in [-0.15, -0.1) is 11.3 Å². The number of anilines is 2. The molecule has 3 aromatic rings. The van der Waals surface area contributed by atoms with Crippen LogP contribution in [0.15, 0.2) is 60.1 Å². The van der Waals surface area contributed by atoms with Crippen molar-refractivity contribution in [3.8, 4) is 0 Å². The Morgan fingerprint density at radius 1 is 1.17 bits per heavy atom. The molecule has 0 fully saturated rings. The summed E-state index contributed by atoms with van der Waals surface area (Å²) in [5.41, 5.74) is 1.27. The molecule has 0 aliphatic rings. The van der Waals surface area contributed by atoms with Gasteiger partial charge >= 0.3 is 0 Å². The molecule has 0 bridgehead atoms. The molecule has 0 saturated carbocycles. The molecule has 3 rings (SSSR count). The number of carbonyl (C=O) groups is 1. The first-order chi connectivity index (χ1) is 11.2. The van der Waals surface area contributed by atoms with E-state index in [0.717, 1.165) is 10.6 Å². The van der Waals surface area contributed by atoms with E-state index in [1.54, 1.807) is 41.8 Å². The van der Waals surface area contributed by atoms with Gasteiger partial charge in [-0.25, -0.2) is 4.98 Å². The summed E-state index contributed by atoms with van der Waals surface area (Å²) in [6.45, 7) is 0.502. The fourth-order valence-electron chi connectivity index (χ4n) is 2.07. The molecule has 0 aliphatic heterocycles. The molecule has 2 N–H and O–H groups in total. The topological polar surface area (TPSA) is 54.0 Å². The van der Waals surface area contributed by atoms with Gasteiger partial charge in [0.25, 0.3) is 5.91 Å². The highest BCUT2D eigenvalue weighted by Crippen LogP contribution is 2.21. The SMILES string of the molecule is O=C(NCc1cccs1)c1cccnc1Nc1cccc(Cl)c1. The van der Waals surface area contributed by atoms with Crippen LogP contribution in [0.3, 0.4) is 0 Å². The molecule has 23 heavy (non-hydrogen) atoms. The highest BCUT2D eigenvalue weighted by Gasteiger charge is 2.12. The van der Waals surface area contributed by atoms with Crippen molar-refractivity contribution < 1.29 is 4.79 Å². The van der Waals surface area contributed by atoms with Gasteiger partial charge in [-0.3, -0.25) is 4.79 Å². The van der Waals surface area contributed by atoms with Crippen molar-refractivity contribution in [2.24, 2.45) is 0 Å². The van der Waals surface area contributed by atoms with Gasteiger partial charge < -0.3 is 10.6 Å². The molecule has 116 valence electrons. The third kappa shape index (κ3) is 4.09. The maximum absolute atomic E-state index is 12.4. The van der Waals surface area contributed by atoms with Crippen molar-refractivity contribution in [1.82, 2.24) is 10.3 Å². The van der Waals surface area contributed by atoms with E-state index in [2.05, 4.69) is 15.6 Å². The molecule has 0 atom stereocenters. The van der Waals surface area contributed by atoms with E-state index in [0.29, 0.717) is 22.9 Å². The molecule has 0 radical (unpaired) electrons. The van der Waals surface area contributed by atoms with Crippen LogP contribution in [0.25, 0.3) is 0 Å². The van der Waals surface area contributed by atoms with Crippen molar-refractivity contribution in [3.05, 3.63) is 75.6 Å². The van der Waals surface area contributed by atoms with Gasteiger partial charge in [0.2, 0.25) is 0 Å². The average molecular weight is 344 g/mol. The van der Waals surface area contributed by atoms with Crippen LogP contribution in [0.1, 0.15) is 15.2 Å². The normalized spacial score (nSPS) is 10.3. The van der Waals surface area contributed by atoms with Gasteiger partial charge in [0.1, 0.15) is 5.82 Å². The van der Waals surface area contributed by atoms with E-state index in [1.807, 2.05) is 29.6 Å². The van der Waals surface area contributed by atoms with Crippen LogP contribution in [0.4, 0.5) is 11.5 Å². The number of carbonyl (C=O) groups excluding carboxylic acids is 1. The largest absolute Gasteiger partial charge is 0.347 e. The van der Waals surface area contributed by atoms with Gasteiger partial charge in [-0.05, 0) is 41.8 Å². The maximum Gasteiger partial charge on any atom is 0.255 e. The van der Waals surface area contributed by atoms with Crippen LogP contribution >= 0.6 is 22.9 Å². The Morgan fingerprint density at radius 3 is 2.87 bits per heavy atom. The van der Waals surface area contributed by atoms with Crippen molar-refractivity contribution in [1.29, 1.82) is 0 Å². The first kappa shape index (κ1) is 15.5. The summed E-state index contributed by atoms with van der Waals surface area (Å²) in [4.78, 5) is 17.8. The van der Waals surface area contributed by atoms with E-state index < -0.39 is 0 Å². The van der Waals surface area contributed by atoms with E-state index >= 15 is 0 Å². The Balaban J connectivity index is 1.75. The lowest BCUT2D eigenvalue weighted by molar-refractivity contribution is 0.0952. The van der Waals surface area contributed by atoms with Gasteiger partial charge in [0.15, 0.2) is 0 Å². The summed E-state index contributed by atoms with van der Waals surface area (Å²) in [5.74, 6) is 0.328. The highest BCUT2D eigenvalue weighted by atomic mass is 35.5.